The van der Waals surface area contributed by atoms with E-state index in [1.807, 2.05) is 14.1 Å². The molecule has 1 saturated heterocycles. The largest absolute Gasteiger partial charge is 0.356 e. The van der Waals surface area contributed by atoms with Gasteiger partial charge in [-0.15, -0.1) is 0 Å². The number of rotatable bonds is 8. The molecule has 6 nitrogen and oxygen atoms in total. The molecule has 1 aromatic rings. The first-order chi connectivity index (χ1) is 12.7. The molecular formula is C18H27ClFN3O3S. The second-order valence-electron chi connectivity index (χ2n) is 7.08. The summed E-state index contributed by atoms with van der Waals surface area (Å²) in [6.07, 6.45) is 1.79. The minimum atomic E-state index is -3.69. The Bertz CT molecular complexity index is 730. The van der Waals surface area contributed by atoms with E-state index in [-0.39, 0.29) is 35.5 Å². The van der Waals surface area contributed by atoms with Gasteiger partial charge in [0.15, 0.2) is 0 Å². The lowest BCUT2D eigenvalue weighted by molar-refractivity contribution is -0.126. The Morgan fingerprint density at radius 1 is 1.33 bits per heavy atom. The van der Waals surface area contributed by atoms with Crippen LogP contribution in [0, 0.1) is 11.7 Å². The molecule has 27 heavy (non-hydrogen) atoms. The maximum absolute atomic E-state index is 13.9. The van der Waals surface area contributed by atoms with Crippen LogP contribution in [0.15, 0.2) is 18.2 Å². The van der Waals surface area contributed by atoms with Crippen molar-refractivity contribution < 1.29 is 17.6 Å². The van der Waals surface area contributed by atoms with Gasteiger partial charge in [0.2, 0.25) is 15.9 Å². The number of hydrogen-bond acceptors (Lipinski definition) is 4. The fraction of sp³-hybridized carbons (Fsp3) is 0.611. The minimum Gasteiger partial charge on any atom is -0.356 e. The smallest absolute Gasteiger partial charge is 0.223 e. The summed E-state index contributed by atoms with van der Waals surface area (Å²) in [7, 11) is 0.268. The average Bonchev–Trinajstić information content (AvgIpc) is 2.62. The lowest BCUT2D eigenvalue weighted by atomic mass is 9.97. The van der Waals surface area contributed by atoms with Crippen molar-refractivity contribution in [2.45, 2.75) is 25.0 Å². The number of sulfonamides is 1. The van der Waals surface area contributed by atoms with Gasteiger partial charge in [-0.2, -0.15) is 0 Å². The number of halogens is 2. The van der Waals surface area contributed by atoms with Crippen LogP contribution in [0.1, 0.15) is 24.8 Å². The lowest BCUT2D eigenvalue weighted by Crippen LogP contribution is -2.43. The highest BCUT2D eigenvalue weighted by molar-refractivity contribution is 7.88. The Hall–Kier alpha value is -1.22. The van der Waals surface area contributed by atoms with Gasteiger partial charge in [0, 0.05) is 36.1 Å². The van der Waals surface area contributed by atoms with Crippen LogP contribution in [-0.4, -0.2) is 63.8 Å². The lowest BCUT2D eigenvalue weighted by Gasteiger charge is -2.30. The zero-order valence-corrected chi connectivity index (χ0v) is 17.3. The molecule has 0 spiro atoms. The van der Waals surface area contributed by atoms with Crippen molar-refractivity contribution in [3.8, 4) is 0 Å². The normalized spacial score (nSPS) is 16.6. The van der Waals surface area contributed by atoms with E-state index >= 15 is 0 Å². The molecule has 0 aliphatic carbocycles. The number of carbonyl (C=O) groups excluding carboxylic acids is 1. The summed E-state index contributed by atoms with van der Waals surface area (Å²) in [5, 5.41) is 3.02. The van der Waals surface area contributed by atoms with Gasteiger partial charge < -0.3 is 10.2 Å². The first-order valence-corrected chi connectivity index (χ1v) is 11.0. The Morgan fingerprint density at radius 2 is 2.00 bits per heavy atom. The third-order valence-electron chi connectivity index (χ3n) is 4.69. The summed E-state index contributed by atoms with van der Waals surface area (Å²) in [5.74, 6) is -1.31. The summed E-state index contributed by atoms with van der Waals surface area (Å²) < 4.78 is 40.4. The number of nitrogens with zero attached hydrogens (tertiary/aromatic N) is 2. The molecule has 1 fully saturated rings. The first kappa shape index (κ1) is 22.1. The van der Waals surface area contributed by atoms with Crippen molar-refractivity contribution in [2.75, 3.05) is 40.3 Å². The van der Waals surface area contributed by atoms with Crippen LogP contribution < -0.4 is 5.32 Å². The molecule has 0 unspecified atom stereocenters. The number of carbonyl (C=O) groups is 1. The molecule has 0 aromatic heterocycles. The Kier molecular flexibility index (Phi) is 8.03. The molecule has 152 valence electrons. The summed E-state index contributed by atoms with van der Waals surface area (Å²) in [6.45, 7) is 2.02. The average molecular weight is 420 g/mol. The number of hydrogen-bond donors (Lipinski definition) is 1. The van der Waals surface area contributed by atoms with E-state index in [9.17, 15) is 17.6 Å². The molecule has 1 aliphatic heterocycles. The fourth-order valence-corrected chi connectivity index (χ4v) is 5.01. The molecule has 1 aromatic carbocycles. The van der Waals surface area contributed by atoms with Gasteiger partial charge >= 0.3 is 0 Å². The summed E-state index contributed by atoms with van der Waals surface area (Å²) in [4.78, 5) is 14.3. The van der Waals surface area contributed by atoms with Crippen molar-refractivity contribution in [3.63, 3.8) is 0 Å². The number of benzene rings is 1. The van der Waals surface area contributed by atoms with Gasteiger partial charge in [-0.3, -0.25) is 4.79 Å². The molecule has 1 aliphatic rings. The van der Waals surface area contributed by atoms with Crippen LogP contribution in [0.4, 0.5) is 4.39 Å². The van der Waals surface area contributed by atoms with Gasteiger partial charge in [0.25, 0.3) is 0 Å². The molecule has 1 amide bonds. The molecule has 2 rings (SSSR count). The van der Waals surface area contributed by atoms with E-state index in [4.69, 9.17) is 11.6 Å². The van der Waals surface area contributed by atoms with Crippen LogP contribution in [-0.2, 0) is 20.6 Å². The van der Waals surface area contributed by atoms with Crippen molar-refractivity contribution in [1.29, 1.82) is 0 Å². The van der Waals surface area contributed by atoms with E-state index in [0.717, 1.165) is 13.0 Å². The van der Waals surface area contributed by atoms with Gasteiger partial charge in [0.05, 0.1) is 5.75 Å². The van der Waals surface area contributed by atoms with Gasteiger partial charge in [-0.25, -0.2) is 17.1 Å². The maximum Gasteiger partial charge on any atom is 0.223 e. The molecule has 0 atom stereocenters. The SMILES string of the molecule is CN(C)CCCNC(=O)C1CCN(S(=O)(=O)Cc2c(F)cccc2Cl)CC1. The molecular weight excluding hydrogens is 393 g/mol. The molecule has 0 radical (unpaired) electrons. The topological polar surface area (TPSA) is 69.7 Å². The Balaban J connectivity index is 1.86. The first-order valence-electron chi connectivity index (χ1n) is 9.04. The van der Waals surface area contributed by atoms with Crippen LogP contribution >= 0.6 is 11.6 Å². The Morgan fingerprint density at radius 3 is 2.59 bits per heavy atom. The molecule has 9 heteroatoms. The highest BCUT2D eigenvalue weighted by Crippen LogP contribution is 2.26. The fourth-order valence-electron chi connectivity index (χ4n) is 3.09. The number of amides is 1. The van der Waals surface area contributed by atoms with Crippen molar-refractivity contribution in [3.05, 3.63) is 34.6 Å². The van der Waals surface area contributed by atoms with Crippen molar-refractivity contribution in [1.82, 2.24) is 14.5 Å². The zero-order chi connectivity index (χ0) is 20.0. The molecule has 0 bridgehead atoms. The maximum atomic E-state index is 13.9. The standard InChI is InChI=1S/C18H27ClFN3O3S/c1-22(2)10-4-9-21-18(24)14-7-11-23(12-8-14)27(25,26)13-15-16(19)5-3-6-17(15)20/h3,5-6,14H,4,7-13H2,1-2H3,(H,21,24). The third kappa shape index (κ3) is 6.41. The second kappa shape index (κ2) is 9.82. The summed E-state index contributed by atoms with van der Waals surface area (Å²) in [6, 6.07) is 4.11. The second-order valence-corrected chi connectivity index (χ2v) is 9.45. The van der Waals surface area contributed by atoms with Gasteiger partial charge in [-0.05, 0) is 52.0 Å². The predicted octanol–water partition coefficient (Wildman–Crippen LogP) is 2.09. The quantitative estimate of drug-likeness (QED) is 0.655. The van der Waals surface area contributed by atoms with Crippen LogP contribution in [0.25, 0.3) is 0 Å². The highest BCUT2D eigenvalue weighted by Gasteiger charge is 2.32. The van der Waals surface area contributed by atoms with Crippen molar-refractivity contribution in [2.24, 2.45) is 5.92 Å². The highest BCUT2D eigenvalue weighted by atomic mass is 35.5. The number of piperidine rings is 1. The van der Waals surface area contributed by atoms with E-state index in [1.165, 1.54) is 22.5 Å². The summed E-state index contributed by atoms with van der Waals surface area (Å²) >= 11 is 5.94. The number of nitrogens with one attached hydrogen (secondary N) is 1. The van der Waals surface area contributed by atoms with Crippen molar-refractivity contribution >= 4 is 27.5 Å². The van der Waals surface area contributed by atoms with Crippen LogP contribution in [0.3, 0.4) is 0 Å². The van der Waals surface area contributed by atoms with E-state index < -0.39 is 21.6 Å². The van der Waals surface area contributed by atoms with E-state index in [1.54, 1.807) is 0 Å². The molecule has 1 heterocycles. The molecule has 0 saturated carbocycles. The Labute approximate surface area is 165 Å². The monoisotopic (exact) mass is 419 g/mol. The molecule has 1 N–H and O–H groups in total. The van der Waals surface area contributed by atoms with E-state index in [2.05, 4.69) is 10.2 Å². The van der Waals surface area contributed by atoms with Gasteiger partial charge in [-0.1, -0.05) is 17.7 Å². The predicted molar refractivity (Wildman–Crippen MR) is 105 cm³/mol. The van der Waals surface area contributed by atoms with Gasteiger partial charge in [0.1, 0.15) is 5.82 Å². The van der Waals surface area contributed by atoms with Crippen LogP contribution in [0.5, 0.6) is 0 Å². The summed E-state index contributed by atoms with van der Waals surface area (Å²) in [5.41, 5.74) is -0.0140. The van der Waals surface area contributed by atoms with Crippen LogP contribution in [0.2, 0.25) is 5.02 Å². The minimum absolute atomic E-state index is 0.0140. The van der Waals surface area contributed by atoms with E-state index in [0.29, 0.717) is 19.4 Å². The zero-order valence-electron chi connectivity index (χ0n) is 15.7. The third-order valence-corrected chi connectivity index (χ3v) is 6.85.